The van der Waals surface area contributed by atoms with Gasteiger partial charge < -0.3 is 0 Å². The summed E-state index contributed by atoms with van der Waals surface area (Å²) < 4.78 is 0. The lowest BCUT2D eigenvalue weighted by Gasteiger charge is -2.15. The summed E-state index contributed by atoms with van der Waals surface area (Å²) in [7, 11) is 0. The number of benzene rings is 5. The van der Waals surface area contributed by atoms with Crippen LogP contribution in [0.5, 0.6) is 0 Å². The van der Waals surface area contributed by atoms with E-state index in [1.54, 1.807) is 6.20 Å². The first kappa shape index (κ1) is 32.5. The highest BCUT2D eigenvalue weighted by atomic mass is 14.9. The summed E-state index contributed by atoms with van der Waals surface area (Å²) in [6.07, 6.45) is 3.64. The van der Waals surface area contributed by atoms with Crippen LogP contribution in [0.15, 0.2) is 200 Å². The number of hydrogen-bond acceptors (Lipinski definition) is 5. The normalized spacial score (nSPS) is 11.0. The summed E-state index contributed by atoms with van der Waals surface area (Å²) in [6, 6.07) is 64.2. The van der Waals surface area contributed by atoms with E-state index in [0.29, 0.717) is 5.82 Å². The summed E-state index contributed by atoms with van der Waals surface area (Å²) >= 11 is 0. The smallest absolute Gasteiger partial charge is 0.160 e. The number of rotatable bonds is 8. The van der Waals surface area contributed by atoms with Gasteiger partial charge in [-0.1, -0.05) is 152 Å². The van der Waals surface area contributed by atoms with E-state index in [4.69, 9.17) is 19.9 Å². The molecule has 9 rings (SSSR count). The average Bonchev–Trinajstić information content (AvgIpc) is 3.27. The maximum absolute atomic E-state index is 5.15. The van der Waals surface area contributed by atoms with Crippen molar-refractivity contribution in [1.29, 1.82) is 0 Å². The van der Waals surface area contributed by atoms with Crippen LogP contribution in [0.1, 0.15) is 0 Å². The molecule has 0 fully saturated rings. The Hall–Kier alpha value is -7.37. The molecule has 0 atom stereocenters. The summed E-state index contributed by atoms with van der Waals surface area (Å²) in [5.41, 5.74) is 14.4. The van der Waals surface area contributed by atoms with Crippen LogP contribution in [0.3, 0.4) is 0 Å². The van der Waals surface area contributed by atoms with Gasteiger partial charge in [0.1, 0.15) is 0 Å². The Kier molecular flexibility index (Phi) is 8.86. The molecular formula is C49H33N5. The van der Waals surface area contributed by atoms with Crippen molar-refractivity contribution in [3.63, 3.8) is 0 Å². The van der Waals surface area contributed by atoms with E-state index in [2.05, 4.69) is 114 Å². The SMILES string of the molecule is c1ccc(-c2cc(-c3ccccn3)nc(-c3ncccc3-c3ccccc3-c3ccc(-c4cc(-c5ccccc5)nc(-c5ccccc5)n4)cc3)c2)cc1. The second kappa shape index (κ2) is 14.7. The molecule has 0 N–H and O–H groups in total. The van der Waals surface area contributed by atoms with Crippen molar-refractivity contribution in [2.24, 2.45) is 0 Å². The Morgan fingerprint density at radius 2 is 0.796 bits per heavy atom. The van der Waals surface area contributed by atoms with Gasteiger partial charge in [0.2, 0.25) is 0 Å². The predicted molar refractivity (Wildman–Crippen MR) is 219 cm³/mol. The first-order valence-electron chi connectivity index (χ1n) is 17.9. The number of aromatic nitrogens is 5. The van der Waals surface area contributed by atoms with E-state index in [9.17, 15) is 0 Å². The minimum atomic E-state index is 0.696. The van der Waals surface area contributed by atoms with Gasteiger partial charge in [0.05, 0.1) is 34.2 Å². The minimum Gasteiger partial charge on any atom is -0.255 e. The zero-order valence-electron chi connectivity index (χ0n) is 29.3. The third-order valence-corrected chi connectivity index (χ3v) is 9.45. The summed E-state index contributed by atoms with van der Waals surface area (Å²) in [4.78, 5) is 24.7. The second-order valence-corrected chi connectivity index (χ2v) is 12.9. The molecule has 4 aromatic heterocycles. The van der Waals surface area contributed by atoms with Crippen molar-refractivity contribution >= 4 is 0 Å². The van der Waals surface area contributed by atoms with Crippen molar-refractivity contribution in [3.8, 4) is 90.1 Å². The number of nitrogens with zero attached hydrogens (tertiary/aromatic N) is 5. The van der Waals surface area contributed by atoms with Gasteiger partial charge in [-0.3, -0.25) is 9.97 Å². The zero-order chi connectivity index (χ0) is 36.1. The monoisotopic (exact) mass is 691 g/mol. The van der Waals surface area contributed by atoms with E-state index >= 15 is 0 Å². The van der Waals surface area contributed by atoms with E-state index < -0.39 is 0 Å². The van der Waals surface area contributed by atoms with Crippen LogP contribution in [0.25, 0.3) is 90.1 Å². The molecule has 5 nitrogen and oxygen atoms in total. The fourth-order valence-electron chi connectivity index (χ4n) is 6.78. The summed E-state index contributed by atoms with van der Waals surface area (Å²) in [6.45, 7) is 0. The van der Waals surface area contributed by atoms with Crippen molar-refractivity contribution in [2.75, 3.05) is 0 Å². The third-order valence-electron chi connectivity index (χ3n) is 9.45. The lowest BCUT2D eigenvalue weighted by atomic mass is 9.92. The van der Waals surface area contributed by atoms with Crippen LogP contribution in [-0.2, 0) is 0 Å². The van der Waals surface area contributed by atoms with Gasteiger partial charge in [-0.2, -0.15) is 0 Å². The highest BCUT2D eigenvalue weighted by molar-refractivity contribution is 5.91. The van der Waals surface area contributed by atoms with Gasteiger partial charge in [-0.15, -0.1) is 0 Å². The van der Waals surface area contributed by atoms with Gasteiger partial charge in [0, 0.05) is 34.6 Å². The van der Waals surface area contributed by atoms with Crippen LogP contribution < -0.4 is 0 Å². The fourth-order valence-corrected chi connectivity index (χ4v) is 6.78. The Bertz CT molecular complexity index is 2560. The Labute approximate surface area is 314 Å². The average molecular weight is 692 g/mol. The maximum atomic E-state index is 5.15. The molecule has 0 bridgehead atoms. The topological polar surface area (TPSA) is 64.5 Å². The second-order valence-electron chi connectivity index (χ2n) is 12.9. The molecule has 0 radical (unpaired) electrons. The van der Waals surface area contributed by atoms with Gasteiger partial charge in [0.15, 0.2) is 5.82 Å². The molecule has 0 aliphatic heterocycles. The molecule has 0 saturated carbocycles. The van der Waals surface area contributed by atoms with Crippen LogP contribution in [0.2, 0.25) is 0 Å². The Balaban J connectivity index is 1.12. The number of hydrogen-bond donors (Lipinski definition) is 0. The highest BCUT2D eigenvalue weighted by Gasteiger charge is 2.18. The van der Waals surface area contributed by atoms with Gasteiger partial charge >= 0.3 is 0 Å². The Morgan fingerprint density at radius 1 is 0.259 bits per heavy atom. The molecule has 5 heteroatoms. The van der Waals surface area contributed by atoms with Crippen molar-refractivity contribution in [3.05, 3.63) is 200 Å². The lowest BCUT2D eigenvalue weighted by molar-refractivity contribution is 1.18. The maximum Gasteiger partial charge on any atom is 0.160 e. The van der Waals surface area contributed by atoms with Crippen molar-refractivity contribution in [2.45, 2.75) is 0 Å². The molecule has 254 valence electrons. The van der Waals surface area contributed by atoms with Gasteiger partial charge in [-0.05, 0) is 64.2 Å². The van der Waals surface area contributed by atoms with Crippen LogP contribution in [0.4, 0.5) is 0 Å². The first-order chi connectivity index (χ1) is 26.8. The van der Waals surface area contributed by atoms with Crippen molar-refractivity contribution in [1.82, 2.24) is 24.9 Å². The van der Waals surface area contributed by atoms with Crippen LogP contribution in [0, 0.1) is 0 Å². The number of pyridine rings is 3. The van der Waals surface area contributed by atoms with Crippen LogP contribution >= 0.6 is 0 Å². The van der Waals surface area contributed by atoms with E-state index in [1.165, 1.54) is 0 Å². The fraction of sp³-hybridized carbons (Fsp3) is 0. The lowest BCUT2D eigenvalue weighted by Crippen LogP contribution is -1.97. The molecule has 0 saturated heterocycles. The molecule has 0 aliphatic carbocycles. The molecule has 9 aromatic rings. The first-order valence-corrected chi connectivity index (χ1v) is 17.9. The minimum absolute atomic E-state index is 0.696. The van der Waals surface area contributed by atoms with E-state index in [0.717, 1.165) is 84.2 Å². The van der Waals surface area contributed by atoms with Crippen LogP contribution in [-0.4, -0.2) is 24.9 Å². The molecule has 0 aliphatic rings. The van der Waals surface area contributed by atoms with E-state index in [1.807, 2.05) is 85.1 Å². The summed E-state index contributed by atoms with van der Waals surface area (Å²) in [5, 5.41) is 0. The highest BCUT2D eigenvalue weighted by Crippen LogP contribution is 2.39. The van der Waals surface area contributed by atoms with Gasteiger partial charge in [0.25, 0.3) is 0 Å². The molecular weight excluding hydrogens is 659 g/mol. The standard InChI is InChI=1S/C49H33N5/c1-4-15-34(16-5-1)39-31-46(43-24-12-13-29-50-43)52-47(32-39)48-42(23-14-30-51-48)41-22-11-10-21-40(41)35-25-27-37(28-26-35)45-33-44(36-17-6-2-7-18-36)53-49(54-45)38-19-8-3-9-20-38/h1-33H. The molecule has 5 aromatic carbocycles. The predicted octanol–water partition coefficient (Wildman–Crippen LogP) is 12.0. The molecule has 0 amide bonds. The van der Waals surface area contributed by atoms with Crippen molar-refractivity contribution < 1.29 is 0 Å². The van der Waals surface area contributed by atoms with Gasteiger partial charge in [-0.25, -0.2) is 15.0 Å². The molecule has 0 unspecified atom stereocenters. The molecule has 54 heavy (non-hydrogen) atoms. The molecule has 0 spiro atoms. The largest absolute Gasteiger partial charge is 0.255 e. The summed E-state index contributed by atoms with van der Waals surface area (Å²) in [5.74, 6) is 0.696. The zero-order valence-corrected chi connectivity index (χ0v) is 29.3. The van der Waals surface area contributed by atoms with E-state index in [-0.39, 0.29) is 0 Å². The third kappa shape index (κ3) is 6.70. The molecule has 4 heterocycles. The quantitative estimate of drug-likeness (QED) is 0.159. The Morgan fingerprint density at radius 3 is 1.48 bits per heavy atom.